The maximum Gasteiger partial charge on any atom is 0.213 e. The van der Waals surface area contributed by atoms with Crippen LogP contribution >= 0.6 is 0 Å². The van der Waals surface area contributed by atoms with Crippen LogP contribution in [0.3, 0.4) is 0 Å². The summed E-state index contributed by atoms with van der Waals surface area (Å²) in [5.74, 6) is -0.231. The molecule has 1 atom stereocenters. The third-order valence-electron chi connectivity index (χ3n) is 5.43. The topological polar surface area (TPSA) is 53.4 Å². The number of halogens is 1. The smallest absolute Gasteiger partial charge is 0.213 e. The van der Waals surface area contributed by atoms with E-state index in [1.165, 1.54) is 12.3 Å². The number of fused-ring (bicyclic) bond motifs is 1. The lowest BCUT2D eigenvalue weighted by atomic mass is 9.74. The Hall–Kier alpha value is -3.28. The van der Waals surface area contributed by atoms with Gasteiger partial charge in [-0.1, -0.05) is 18.2 Å². The zero-order valence-corrected chi connectivity index (χ0v) is 14.6. The van der Waals surface area contributed by atoms with Gasteiger partial charge in [0.15, 0.2) is 0 Å². The van der Waals surface area contributed by atoms with Gasteiger partial charge in [-0.25, -0.2) is 4.98 Å². The number of rotatable bonds is 3. The van der Waals surface area contributed by atoms with E-state index >= 15 is 0 Å². The molecule has 1 N–H and O–H groups in total. The zero-order valence-electron chi connectivity index (χ0n) is 14.6. The van der Waals surface area contributed by atoms with E-state index in [0.29, 0.717) is 0 Å². The van der Waals surface area contributed by atoms with E-state index in [1.807, 2.05) is 42.9 Å². The monoisotopic (exact) mass is 359 g/mol. The minimum absolute atomic E-state index is 0.250. The number of aliphatic imine (C=N–C) groups is 1. The predicted octanol–water partition coefficient (Wildman–Crippen LogP) is 3.25. The fourth-order valence-corrected chi connectivity index (χ4v) is 3.90. The maximum absolute atomic E-state index is 13.7. The molecule has 0 amide bonds. The van der Waals surface area contributed by atoms with E-state index < -0.39 is 11.5 Å². The first-order valence-electron chi connectivity index (χ1n) is 8.93. The molecule has 5 nitrogen and oxygen atoms in total. The zero-order chi connectivity index (χ0) is 18.3. The van der Waals surface area contributed by atoms with Gasteiger partial charge in [-0.3, -0.25) is 9.98 Å². The predicted molar refractivity (Wildman–Crippen MR) is 104 cm³/mol. The van der Waals surface area contributed by atoms with Crippen molar-refractivity contribution in [2.45, 2.75) is 5.54 Å². The number of benzene rings is 1. The molecule has 6 heteroatoms. The van der Waals surface area contributed by atoms with Crippen LogP contribution in [0.4, 0.5) is 10.1 Å². The molecule has 2 aliphatic rings. The van der Waals surface area contributed by atoms with Crippen molar-refractivity contribution in [2.24, 2.45) is 10.9 Å². The van der Waals surface area contributed by atoms with E-state index in [4.69, 9.17) is 0 Å². The third-order valence-corrected chi connectivity index (χ3v) is 5.43. The highest BCUT2D eigenvalue weighted by atomic mass is 19.1. The van der Waals surface area contributed by atoms with Crippen molar-refractivity contribution in [2.75, 3.05) is 18.0 Å². The van der Waals surface area contributed by atoms with Crippen molar-refractivity contribution in [3.05, 3.63) is 78.8 Å². The number of hydrogen-bond donors (Lipinski definition) is 1. The Kier molecular flexibility index (Phi) is 3.63. The third kappa shape index (κ3) is 2.65. The molecular formula is C21H18FN5. The summed E-state index contributed by atoms with van der Waals surface area (Å²) < 4.78 is 13.7. The van der Waals surface area contributed by atoms with Crippen molar-refractivity contribution in [1.82, 2.24) is 15.3 Å². The molecule has 5 rings (SSSR count). The molecule has 0 spiro atoms. The van der Waals surface area contributed by atoms with Gasteiger partial charge < -0.3 is 10.2 Å². The van der Waals surface area contributed by atoms with Crippen LogP contribution in [0.2, 0.25) is 0 Å². The summed E-state index contributed by atoms with van der Waals surface area (Å²) in [5, 5.41) is 4.54. The second-order valence-electron chi connectivity index (χ2n) is 6.96. The fourth-order valence-electron chi connectivity index (χ4n) is 3.90. The Labute approximate surface area is 156 Å². The van der Waals surface area contributed by atoms with E-state index in [9.17, 15) is 4.39 Å². The van der Waals surface area contributed by atoms with Crippen molar-refractivity contribution in [1.29, 1.82) is 0 Å². The molecule has 2 aromatic heterocycles. The summed E-state index contributed by atoms with van der Waals surface area (Å²) in [6, 6.07) is 13.6. The lowest BCUT2D eigenvalue weighted by molar-refractivity contribution is 0.265. The molecule has 4 heterocycles. The number of nitrogens with zero attached hydrogens (tertiary/aromatic N) is 4. The number of anilines is 1. The SMILES string of the molecule is Fc1cc(C2(C3CN(c4cnc5ccccc5c4)C3)C=NC=CN2)ccn1. The van der Waals surface area contributed by atoms with E-state index in [-0.39, 0.29) is 5.92 Å². The lowest BCUT2D eigenvalue weighted by Crippen LogP contribution is -2.62. The molecule has 1 saturated heterocycles. The van der Waals surface area contributed by atoms with Gasteiger partial charge in [-0.05, 0) is 29.8 Å². The minimum Gasteiger partial charge on any atom is -0.375 e. The number of para-hydroxylation sites is 1. The van der Waals surface area contributed by atoms with Crippen LogP contribution < -0.4 is 10.2 Å². The average Bonchev–Trinajstić information content (AvgIpc) is 2.67. The van der Waals surface area contributed by atoms with Crippen molar-refractivity contribution < 1.29 is 4.39 Å². The number of hydrogen-bond acceptors (Lipinski definition) is 5. The molecule has 0 aliphatic carbocycles. The molecule has 1 fully saturated rings. The minimum atomic E-state index is -0.528. The second kappa shape index (κ2) is 6.16. The molecule has 3 aromatic rings. The van der Waals surface area contributed by atoms with Gasteiger partial charge in [-0.15, -0.1) is 0 Å². The van der Waals surface area contributed by atoms with E-state index in [2.05, 4.69) is 37.3 Å². The van der Waals surface area contributed by atoms with E-state index in [0.717, 1.165) is 35.2 Å². The van der Waals surface area contributed by atoms with Gasteiger partial charge in [0.25, 0.3) is 0 Å². The molecule has 134 valence electrons. The molecule has 1 unspecified atom stereocenters. The summed E-state index contributed by atoms with van der Waals surface area (Å²) in [7, 11) is 0. The highest BCUT2D eigenvalue weighted by molar-refractivity contribution is 5.82. The maximum atomic E-state index is 13.7. The Morgan fingerprint density at radius 1 is 1.11 bits per heavy atom. The van der Waals surface area contributed by atoms with Gasteiger partial charge in [0, 0.05) is 49.2 Å². The number of pyridine rings is 2. The van der Waals surface area contributed by atoms with Gasteiger partial charge in [0.1, 0.15) is 5.54 Å². The molecule has 2 aliphatic heterocycles. The van der Waals surface area contributed by atoms with Gasteiger partial charge in [-0.2, -0.15) is 4.39 Å². The summed E-state index contributed by atoms with van der Waals surface area (Å²) >= 11 is 0. The van der Waals surface area contributed by atoms with Crippen molar-refractivity contribution >= 4 is 22.8 Å². The average molecular weight is 359 g/mol. The van der Waals surface area contributed by atoms with Gasteiger partial charge >= 0.3 is 0 Å². The Morgan fingerprint density at radius 3 is 2.81 bits per heavy atom. The Balaban J connectivity index is 1.43. The molecule has 27 heavy (non-hydrogen) atoms. The van der Waals surface area contributed by atoms with Crippen LogP contribution in [0, 0.1) is 11.9 Å². The van der Waals surface area contributed by atoms with Crippen LogP contribution in [0.15, 0.2) is 72.3 Å². The molecule has 1 aromatic carbocycles. The molecule has 0 radical (unpaired) electrons. The first-order valence-corrected chi connectivity index (χ1v) is 8.93. The quantitative estimate of drug-likeness (QED) is 0.730. The largest absolute Gasteiger partial charge is 0.375 e. The number of aromatic nitrogens is 2. The van der Waals surface area contributed by atoms with Crippen LogP contribution in [0.5, 0.6) is 0 Å². The first kappa shape index (κ1) is 15.9. The second-order valence-corrected chi connectivity index (χ2v) is 6.96. The van der Waals surface area contributed by atoms with Gasteiger partial charge in [0.2, 0.25) is 5.95 Å². The van der Waals surface area contributed by atoms with Crippen LogP contribution in [0.25, 0.3) is 10.9 Å². The van der Waals surface area contributed by atoms with Crippen molar-refractivity contribution in [3.63, 3.8) is 0 Å². The fraction of sp³-hybridized carbons (Fsp3) is 0.190. The van der Waals surface area contributed by atoms with Crippen LogP contribution in [0.1, 0.15) is 5.56 Å². The van der Waals surface area contributed by atoms with Gasteiger partial charge in [0.05, 0.1) is 17.4 Å². The molecule has 0 bridgehead atoms. The van der Waals surface area contributed by atoms with Crippen LogP contribution in [-0.2, 0) is 5.54 Å². The lowest BCUT2D eigenvalue weighted by Gasteiger charge is -2.50. The normalized spacial score (nSPS) is 21.9. The summed E-state index contributed by atoms with van der Waals surface area (Å²) in [6.45, 7) is 1.66. The Bertz CT molecular complexity index is 1060. The molecule has 0 saturated carbocycles. The standard InChI is InChI=1S/C21H18FN5/c22-20-10-16(5-6-24-20)21(14-23-7-8-26-21)17-12-27(13-17)18-9-15-3-1-2-4-19(15)25-11-18/h1-11,14,17,26H,12-13H2. The summed E-state index contributed by atoms with van der Waals surface area (Å²) in [4.78, 5) is 14.9. The van der Waals surface area contributed by atoms with E-state index in [1.54, 1.807) is 6.20 Å². The highest BCUT2D eigenvalue weighted by Gasteiger charge is 2.46. The molecular weight excluding hydrogens is 341 g/mol. The Morgan fingerprint density at radius 2 is 2.00 bits per heavy atom. The van der Waals surface area contributed by atoms with Crippen LogP contribution in [-0.4, -0.2) is 29.3 Å². The van der Waals surface area contributed by atoms with Crippen molar-refractivity contribution in [3.8, 4) is 0 Å². The summed E-state index contributed by atoms with van der Waals surface area (Å²) in [6.07, 6.45) is 8.82. The number of nitrogens with one attached hydrogen (secondary N) is 1. The first-order chi connectivity index (χ1) is 13.2. The summed E-state index contributed by atoms with van der Waals surface area (Å²) in [5.41, 5.74) is 2.40. The highest BCUT2D eigenvalue weighted by Crippen LogP contribution is 2.38.